The quantitative estimate of drug-likeness (QED) is 0.746. The van der Waals surface area contributed by atoms with Crippen LogP contribution < -0.4 is 4.74 Å². The molecule has 24 heavy (non-hydrogen) atoms. The van der Waals surface area contributed by atoms with Gasteiger partial charge in [0.05, 0.1) is 0 Å². The van der Waals surface area contributed by atoms with Crippen LogP contribution in [0.25, 0.3) is 0 Å². The SMILES string of the molecule is CC[C@H](c1ccc(O)cc1)[C@@H](CC)c1ccc(OCC(=O)O)cc1. The van der Waals surface area contributed by atoms with Crippen LogP contribution in [0.15, 0.2) is 48.5 Å². The summed E-state index contributed by atoms with van der Waals surface area (Å²) < 4.78 is 5.19. The van der Waals surface area contributed by atoms with Crippen LogP contribution in [-0.4, -0.2) is 22.8 Å². The standard InChI is InChI=1S/C20H24O4/c1-3-18(14-5-9-16(21)10-6-14)19(4-2)15-7-11-17(12-8-15)24-13-20(22)23/h5-12,18-19,21H,3-4,13H2,1-2H3,(H,22,23)/t18-,19+/m1/s1. The van der Waals surface area contributed by atoms with Gasteiger partial charge in [-0.1, -0.05) is 38.1 Å². The van der Waals surface area contributed by atoms with Gasteiger partial charge in [0.15, 0.2) is 6.61 Å². The Labute approximate surface area is 142 Å². The first-order valence-electron chi connectivity index (χ1n) is 8.28. The van der Waals surface area contributed by atoms with Gasteiger partial charge in [0.2, 0.25) is 0 Å². The summed E-state index contributed by atoms with van der Waals surface area (Å²) in [6, 6.07) is 15.1. The zero-order valence-electron chi connectivity index (χ0n) is 14.1. The summed E-state index contributed by atoms with van der Waals surface area (Å²) in [4.78, 5) is 10.6. The van der Waals surface area contributed by atoms with Gasteiger partial charge in [-0.2, -0.15) is 0 Å². The molecule has 0 aliphatic carbocycles. The number of carboxylic acids is 1. The molecular weight excluding hydrogens is 304 g/mol. The molecule has 0 heterocycles. The van der Waals surface area contributed by atoms with Crippen molar-refractivity contribution in [3.63, 3.8) is 0 Å². The molecule has 4 nitrogen and oxygen atoms in total. The maximum absolute atomic E-state index is 10.6. The monoisotopic (exact) mass is 328 g/mol. The van der Waals surface area contributed by atoms with Crippen LogP contribution in [0.3, 0.4) is 0 Å². The second-order valence-electron chi connectivity index (χ2n) is 5.87. The molecule has 0 aliphatic heterocycles. The molecule has 2 rings (SSSR count). The zero-order valence-corrected chi connectivity index (χ0v) is 14.1. The van der Waals surface area contributed by atoms with Crippen LogP contribution in [0, 0.1) is 0 Å². The van der Waals surface area contributed by atoms with E-state index in [0.717, 1.165) is 12.8 Å². The Morgan fingerprint density at radius 2 is 1.38 bits per heavy atom. The van der Waals surface area contributed by atoms with Crippen molar-refractivity contribution in [1.82, 2.24) is 0 Å². The lowest BCUT2D eigenvalue weighted by Crippen LogP contribution is -2.11. The van der Waals surface area contributed by atoms with Crippen molar-refractivity contribution < 1.29 is 19.7 Å². The number of aliphatic carboxylic acids is 1. The fourth-order valence-corrected chi connectivity index (χ4v) is 3.18. The maximum Gasteiger partial charge on any atom is 0.341 e. The largest absolute Gasteiger partial charge is 0.508 e. The highest BCUT2D eigenvalue weighted by molar-refractivity contribution is 5.68. The Hall–Kier alpha value is -2.49. The molecular formula is C20H24O4. The summed E-state index contributed by atoms with van der Waals surface area (Å²) in [6.45, 7) is 4.01. The number of hydrogen-bond donors (Lipinski definition) is 2. The molecule has 2 N–H and O–H groups in total. The maximum atomic E-state index is 10.6. The van der Waals surface area contributed by atoms with Crippen molar-refractivity contribution in [1.29, 1.82) is 0 Å². The van der Waals surface area contributed by atoms with E-state index in [1.165, 1.54) is 11.1 Å². The number of carbonyl (C=O) groups is 1. The number of phenolic OH excluding ortho intramolecular Hbond substituents is 1. The van der Waals surface area contributed by atoms with Crippen molar-refractivity contribution in [3.05, 3.63) is 59.7 Å². The van der Waals surface area contributed by atoms with Crippen LogP contribution in [0.5, 0.6) is 11.5 Å². The summed E-state index contributed by atoms with van der Waals surface area (Å²) in [5.41, 5.74) is 2.42. The average molecular weight is 328 g/mol. The minimum atomic E-state index is -0.983. The van der Waals surface area contributed by atoms with Crippen LogP contribution in [0.1, 0.15) is 49.7 Å². The molecule has 4 heteroatoms. The molecule has 0 saturated heterocycles. The van der Waals surface area contributed by atoms with E-state index >= 15 is 0 Å². The van der Waals surface area contributed by atoms with Crippen LogP contribution >= 0.6 is 0 Å². The molecule has 0 unspecified atom stereocenters. The number of aromatic hydroxyl groups is 1. The third kappa shape index (κ3) is 4.51. The molecule has 0 radical (unpaired) electrons. The molecule has 0 fully saturated rings. The number of ether oxygens (including phenoxy) is 1. The normalized spacial score (nSPS) is 13.2. The van der Waals surface area contributed by atoms with Gasteiger partial charge < -0.3 is 14.9 Å². The Morgan fingerprint density at radius 1 is 0.917 bits per heavy atom. The number of benzene rings is 2. The van der Waals surface area contributed by atoms with Gasteiger partial charge in [0, 0.05) is 0 Å². The highest BCUT2D eigenvalue weighted by Crippen LogP contribution is 2.38. The smallest absolute Gasteiger partial charge is 0.341 e. The first kappa shape index (κ1) is 17.9. The second-order valence-corrected chi connectivity index (χ2v) is 5.87. The molecule has 0 bridgehead atoms. The van der Waals surface area contributed by atoms with Gasteiger partial charge in [0.1, 0.15) is 11.5 Å². The number of hydrogen-bond acceptors (Lipinski definition) is 3. The Balaban J connectivity index is 2.19. The third-order valence-electron chi connectivity index (χ3n) is 4.36. The van der Waals surface area contributed by atoms with E-state index < -0.39 is 5.97 Å². The van der Waals surface area contributed by atoms with Crippen LogP contribution in [-0.2, 0) is 4.79 Å². The molecule has 0 aromatic heterocycles. The lowest BCUT2D eigenvalue weighted by Gasteiger charge is -2.26. The molecule has 2 atom stereocenters. The van der Waals surface area contributed by atoms with Crippen LogP contribution in [0.2, 0.25) is 0 Å². The Morgan fingerprint density at radius 3 is 1.79 bits per heavy atom. The molecule has 0 saturated carbocycles. The fraction of sp³-hybridized carbons (Fsp3) is 0.350. The Bertz CT molecular complexity index is 646. The van der Waals surface area contributed by atoms with Gasteiger partial charge in [0.25, 0.3) is 0 Å². The van der Waals surface area contributed by atoms with E-state index in [-0.39, 0.29) is 12.4 Å². The average Bonchev–Trinajstić information content (AvgIpc) is 2.59. The lowest BCUT2D eigenvalue weighted by molar-refractivity contribution is -0.139. The molecule has 0 spiro atoms. The van der Waals surface area contributed by atoms with Crippen molar-refractivity contribution in [2.45, 2.75) is 38.5 Å². The van der Waals surface area contributed by atoms with Gasteiger partial charge in [-0.05, 0) is 60.1 Å². The highest BCUT2D eigenvalue weighted by atomic mass is 16.5. The van der Waals surface area contributed by atoms with Crippen molar-refractivity contribution in [2.75, 3.05) is 6.61 Å². The lowest BCUT2D eigenvalue weighted by atomic mass is 9.78. The summed E-state index contributed by atoms with van der Waals surface area (Å²) in [5.74, 6) is 0.577. The summed E-state index contributed by atoms with van der Waals surface area (Å²) in [6.07, 6.45) is 2.00. The zero-order chi connectivity index (χ0) is 17.5. The second kappa shape index (κ2) is 8.39. The summed E-state index contributed by atoms with van der Waals surface area (Å²) >= 11 is 0. The minimum absolute atomic E-state index is 0.279. The first-order chi connectivity index (χ1) is 11.5. The molecule has 128 valence electrons. The molecule has 2 aromatic rings. The van der Waals surface area contributed by atoms with Crippen molar-refractivity contribution in [2.24, 2.45) is 0 Å². The van der Waals surface area contributed by atoms with E-state index in [1.807, 2.05) is 36.4 Å². The van der Waals surface area contributed by atoms with E-state index in [4.69, 9.17) is 9.84 Å². The molecule has 0 amide bonds. The topological polar surface area (TPSA) is 66.8 Å². The highest BCUT2D eigenvalue weighted by Gasteiger charge is 2.22. The van der Waals surface area contributed by atoms with E-state index in [2.05, 4.69) is 13.8 Å². The summed E-state index contributed by atoms with van der Waals surface area (Å²) in [7, 11) is 0. The van der Waals surface area contributed by atoms with E-state index in [1.54, 1.807) is 12.1 Å². The van der Waals surface area contributed by atoms with E-state index in [9.17, 15) is 9.90 Å². The van der Waals surface area contributed by atoms with E-state index in [0.29, 0.717) is 17.6 Å². The Kier molecular flexibility index (Phi) is 6.24. The summed E-state index contributed by atoms with van der Waals surface area (Å²) in [5, 5.41) is 18.2. The third-order valence-corrected chi connectivity index (χ3v) is 4.36. The number of phenols is 1. The van der Waals surface area contributed by atoms with Gasteiger partial charge in [-0.3, -0.25) is 0 Å². The first-order valence-corrected chi connectivity index (χ1v) is 8.28. The molecule has 0 aliphatic rings. The molecule has 2 aromatic carbocycles. The minimum Gasteiger partial charge on any atom is -0.508 e. The predicted molar refractivity (Wildman–Crippen MR) is 93.7 cm³/mol. The predicted octanol–water partition coefficient (Wildman–Crippen LogP) is 4.54. The van der Waals surface area contributed by atoms with Crippen molar-refractivity contribution in [3.8, 4) is 11.5 Å². The van der Waals surface area contributed by atoms with Crippen LogP contribution in [0.4, 0.5) is 0 Å². The van der Waals surface area contributed by atoms with Gasteiger partial charge in [-0.25, -0.2) is 4.79 Å². The number of carboxylic acid groups (broad SMARTS) is 1. The van der Waals surface area contributed by atoms with Crippen molar-refractivity contribution >= 4 is 5.97 Å². The van der Waals surface area contributed by atoms with Gasteiger partial charge >= 0.3 is 5.97 Å². The number of rotatable bonds is 8. The fourth-order valence-electron chi connectivity index (χ4n) is 3.18. The van der Waals surface area contributed by atoms with Gasteiger partial charge in [-0.15, -0.1) is 0 Å².